The normalized spacial score (nSPS) is 14.8. The van der Waals surface area contributed by atoms with E-state index in [0.717, 1.165) is 5.56 Å². The van der Waals surface area contributed by atoms with E-state index in [9.17, 15) is 9.67 Å². The van der Waals surface area contributed by atoms with Crippen LogP contribution in [0.15, 0.2) is 30.3 Å². The molecule has 5 heteroatoms. The highest BCUT2D eigenvalue weighted by atomic mass is 31.2. The number of rotatable bonds is 6. The molecule has 0 aromatic heterocycles. The lowest BCUT2D eigenvalue weighted by Gasteiger charge is -2.26. The molecule has 0 heterocycles. The molecular weight excluding hydrogens is 251 g/mol. The van der Waals surface area contributed by atoms with Crippen LogP contribution >= 0.6 is 7.60 Å². The van der Waals surface area contributed by atoms with Crippen LogP contribution in [0.3, 0.4) is 0 Å². The van der Waals surface area contributed by atoms with Crippen molar-refractivity contribution in [2.24, 2.45) is 0 Å². The molecule has 1 aromatic carbocycles. The van der Waals surface area contributed by atoms with E-state index in [4.69, 9.17) is 15.5 Å². The number of aliphatic hydroxyl groups is 1. The third kappa shape index (κ3) is 3.22. The van der Waals surface area contributed by atoms with Crippen LogP contribution in [-0.4, -0.2) is 25.2 Å². The van der Waals surface area contributed by atoms with Gasteiger partial charge < -0.3 is 14.2 Å². The van der Waals surface area contributed by atoms with Crippen molar-refractivity contribution < 1.29 is 18.7 Å². The van der Waals surface area contributed by atoms with E-state index in [0.29, 0.717) is 0 Å². The van der Waals surface area contributed by atoms with Crippen molar-refractivity contribution >= 4 is 7.60 Å². The first-order valence-corrected chi connectivity index (χ1v) is 7.08. The molecular formula is C13H17O4P. The maximum absolute atomic E-state index is 12.2. The van der Waals surface area contributed by atoms with E-state index >= 15 is 0 Å². The molecule has 0 saturated carbocycles. The summed E-state index contributed by atoms with van der Waals surface area (Å²) in [7, 11) is -1.08. The van der Waals surface area contributed by atoms with Gasteiger partial charge in [0.2, 0.25) is 0 Å². The van der Waals surface area contributed by atoms with Crippen LogP contribution in [-0.2, 0) is 13.6 Å². The van der Waals surface area contributed by atoms with E-state index in [1.807, 2.05) is 30.3 Å². The first-order chi connectivity index (χ1) is 8.59. The lowest BCUT2D eigenvalue weighted by Crippen LogP contribution is -2.20. The largest absolute Gasteiger partial charge is 0.380 e. The second kappa shape index (κ2) is 6.72. The third-order valence-electron chi connectivity index (χ3n) is 2.76. The zero-order valence-electron chi connectivity index (χ0n) is 10.4. The van der Waals surface area contributed by atoms with E-state index in [1.54, 1.807) is 0 Å². The van der Waals surface area contributed by atoms with Crippen molar-refractivity contribution in [3.8, 4) is 12.3 Å². The first kappa shape index (κ1) is 14.9. The Morgan fingerprint density at radius 3 is 2.33 bits per heavy atom. The predicted molar refractivity (Wildman–Crippen MR) is 70.3 cm³/mol. The summed E-state index contributed by atoms with van der Waals surface area (Å²) >= 11 is 0. The first-order valence-electron chi connectivity index (χ1n) is 5.46. The second-order valence-electron chi connectivity index (χ2n) is 3.74. The lowest BCUT2D eigenvalue weighted by atomic mass is 9.97. The molecule has 4 nitrogen and oxygen atoms in total. The molecule has 0 radical (unpaired) electrons. The number of benzene rings is 1. The Morgan fingerprint density at radius 1 is 1.33 bits per heavy atom. The molecule has 0 fully saturated rings. The molecule has 0 amide bonds. The van der Waals surface area contributed by atoms with Gasteiger partial charge in [-0.2, -0.15) is 0 Å². The molecule has 1 aromatic rings. The van der Waals surface area contributed by atoms with E-state index in [2.05, 4.69) is 5.92 Å². The number of terminal acetylenes is 1. The molecule has 0 aliphatic heterocycles. The van der Waals surface area contributed by atoms with Crippen LogP contribution in [0.5, 0.6) is 0 Å². The van der Waals surface area contributed by atoms with E-state index < -0.39 is 19.4 Å². The van der Waals surface area contributed by atoms with Crippen LogP contribution in [0.2, 0.25) is 0 Å². The zero-order valence-corrected chi connectivity index (χ0v) is 11.3. The van der Waals surface area contributed by atoms with Gasteiger partial charge in [0.05, 0.1) is 0 Å². The maximum atomic E-state index is 12.2. The second-order valence-corrected chi connectivity index (χ2v) is 6.08. The molecule has 0 spiro atoms. The zero-order chi connectivity index (χ0) is 13.6. The molecule has 1 N–H and O–H groups in total. The maximum Gasteiger partial charge on any atom is 0.358 e. The average molecular weight is 268 g/mol. The fraction of sp³-hybridized carbons (Fsp3) is 0.385. The van der Waals surface area contributed by atoms with Crippen molar-refractivity contribution in [1.29, 1.82) is 0 Å². The Morgan fingerprint density at radius 2 is 1.89 bits per heavy atom. The summed E-state index contributed by atoms with van der Waals surface area (Å²) in [6.45, 7) is 0. The topological polar surface area (TPSA) is 55.8 Å². The van der Waals surface area contributed by atoms with Crippen molar-refractivity contribution in [2.75, 3.05) is 14.2 Å². The monoisotopic (exact) mass is 268 g/mol. The van der Waals surface area contributed by atoms with Crippen molar-refractivity contribution in [3.63, 3.8) is 0 Å². The molecule has 98 valence electrons. The minimum atomic E-state index is -3.56. The molecule has 0 aliphatic carbocycles. The van der Waals surface area contributed by atoms with Gasteiger partial charge in [-0.3, -0.25) is 4.57 Å². The number of hydrogen-bond acceptors (Lipinski definition) is 4. The summed E-state index contributed by atoms with van der Waals surface area (Å²) in [5.41, 5.74) is 0.803. The van der Waals surface area contributed by atoms with Gasteiger partial charge in [-0.05, 0) is 5.56 Å². The van der Waals surface area contributed by atoms with Crippen LogP contribution in [0.25, 0.3) is 0 Å². The molecule has 18 heavy (non-hydrogen) atoms. The number of aliphatic hydroxyl groups excluding tert-OH is 1. The van der Waals surface area contributed by atoms with E-state index in [1.165, 1.54) is 14.2 Å². The fourth-order valence-electron chi connectivity index (χ4n) is 1.73. The Balaban J connectivity index is 3.07. The quantitative estimate of drug-likeness (QED) is 0.636. The van der Waals surface area contributed by atoms with Crippen molar-refractivity contribution in [2.45, 2.75) is 18.2 Å². The van der Waals surface area contributed by atoms with Crippen molar-refractivity contribution in [1.82, 2.24) is 0 Å². The minimum absolute atomic E-state index is 0.252. The SMILES string of the molecule is C#CCC(c1ccccc1)C(O)P(=O)(OC)OC. The van der Waals surface area contributed by atoms with Crippen LogP contribution in [0.4, 0.5) is 0 Å². The van der Waals surface area contributed by atoms with Gasteiger partial charge in [0.15, 0.2) is 5.85 Å². The predicted octanol–water partition coefficient (Wildman–Crippen LogP) is 2.60. The van der Waals surface area contributed by atoms with Crippen molar-refractivity contribution in [3.05, 3.63) is 35.9 Å². The Kier molecular flexibility index (Phi) is 5.58. The molecule has 2 atom stereocenters. The van der Waals surface area contributed by atoms with Crippen LogP contribution in [0, 0.1) is 12.3 Å². The lowest BCUT2D eigenvalue weighted by molar-refractivity contribution is 0.154. The summed E-state index contributed by atoms with van der Waals surface area (Å²) in [5.74, 6) is 0.705. The Hall–Kier alpha value is -1.11. The highest BCUT2D eigenvalue weighted by molar-refractivity contribution is 7.54. The van der Waals surface area contributed by atoms with Gasteiger partial charge in [-0.1, -0.05) is 30.3 Å². The smallest absolute Gasteiger partial charge is 0.358 e. The molecule has 0 aliphatic rings. The summed E-state index contributed by atoms with van der Waals surface area (Å²) in [5, 5.41) is 10.2. The highest BCUT2D eigenvalue weighted by Gasteiger charge is 2.38. The molecule has 0 bridgehead atoms. The molecule has 1 rings (SSSR count). The summed E-state index contributed by atoms with van der Waals surface area (Å²) in [6.07, 6.45) is 5.55. The van der Waals surface area contributed by atoms with Gasteiger partial charge >= 0.3 is 7.60 Å². The van der Waals surface area contributed by atoms with Crippen LogP contribution < -0.4 is 0 Å². The average Bonchev–Trinajstić information content (AvgIpc) is 2.44. The van der Waals surface area contributed by atoms with Gasteiger partial charge in [0.25, 0.3) is 0 Å². The molecule has 2 unspecified atom stereocenters. The van der Waals surface area contributed by atoms with Gasteiger partial charge in [0, 0.05) is 26.6 Å². The number of hydrogen-bond donors (Lipinski definition) is 1. The Bertz CT molecular complexity index is 444. The minimum Gasteiger partial charge on any atom is -0.380 e. The highest BCUT2D eigenvalue weighted by Crippen LogP contribution is 2.55. The summed E-state index contributed by atoms with van der Waals surface area (Å²) in [4.78, 5) is 0. The Labute approximate surface area is 107 Å². The molecule has 0 saturated heterocycles. The van der Waals surface area contributed by atoms with Crippen LogP contribution in [0.1, 0.15) is 17.9 Å². The standard InChI is InChI=1S/C13H17O4P/c1-4-8-12(11-9-6-5-7-10-11)13(14)18(15,16-2)17-3/h1,5-7,9-10,12-14H,8H2,2-3H3. The van der Waals surface area contributed by atoms with E-state index in [-0.39, 0.29) is 6.42 Å². The van der Waals surface area contributed by atoms with Gasteiger partial charge in [0.1, 0.15) is 0 Å². The summed E-state index contributed by atoms with van der Waals surface area (Å²) < 4.78 is 21.8. The van der Waals surface area contributed by atoms with Gasteiger partial charge in [-0.25, -0.2) is 0 Å². The van der Waals surface area contributed by atoms with Gasteiger partial charge in [-0.15, -0.1) is 12.3 Å². The summed E-state index contributed by atoms with van der Waals surface area (Å²) in [6, 6.07) is 9.16. The third-order valence-corrected chi connectivity index (χ3v) is 4.78. The fourth-order valence-corrected chi connectivity index (χ4v) is 3.03.